The van der Waals surface area contributed by atoms with Crippen LogP contribution in [0.25, 0.3) is 6.08 Å². The smallest absolute Gasteiger partial charge is 0.346 e. The molecule has 4 nitrogen and oxygen atoms in total. The van der Waals surface area contributed by atoms with Gasteiger partial charge in [0, 0.05) is 0 Å². The quantitative estimate of drug-likeness (QED) is 0.616. The summed E-state index contributed by atoms with van der Waals surface area (Å²) in [5, 5.41) is 27.4. The summed E-state index contributed by atoms with van der Waals surface area (Å²) in [6.45, 7) is 0. The van der Waals surface area contributed by atoms with Crippen molar-refractivity contribution in [1.29, 1.82) is 5.26 Å². The van der Waals surface area contributed by atoms with Crippen molar-refractivity contribution in [2.24, 2.45) is 0 Å². The molecule has 92 valence electrons. The Morgan fingerprint density at radius 2 is 2.06 bits per heavy atom. The maximum atomic E-state index is 10.8. The molecule has 0 atom stereocenters. The molecule has 0 bridgehead atoms. The van der Waals surface area contributed by atoms with E-state index in [-0.39, 0.29) is 11.3 Å². The predicted octanol–water partition coefficient (Wildman–Crippen LogP) is 2.26. The average molecular weight is 243 g/mol. The summed E-state index contributed by atoms with van der Waals surface area (Å²) in [4.78, 5) is 10.8. The van der Waals surface area contributed by atoms with E-state index in [0.29, 0.717) is 5.56 Å². The number of rotatable bonds is 2. The Morgan fingerprint density at radius 3 is 2.72 bits per heavy atom. The number of phenolic OH excluding ortho intramolecular Hbond substituents is 1. The summed E-state index contributed by atoms with van der Waals surface area (Å²) in [6, 6.07) is 5.00. The van der Waals surface area contributed by atoms with Crippen molar-refractivity contribution in [2.75, 3.05) is 0 Å². The topological polar surface area (TPSA) is 81.3 Å². The summed E-state index contributed by atoms with van der Waals surface area (Å²) >= 11 is 0. The van der Waals surface area contributed by atoms with Gasteiger partial charge in [0.15, 0.2) is 0 Å². The zero-order chi connectivity index (χ0) is 13.1. The fourth-order valence-corrected chi connectivity index (χ4v) is 2.26. The molecular weight excluding hydrogens is 230 g/mol. The summed E-state index contributed by atoms with van der Waals surface area (Å²) in [7, 11) is 0. The van der Waals surface area contributed by atoms with E-state index in [0.717, 1.165) is 36.8 Å². The lowest BCUT2D eigenvalue weighted by atomic mass is 9.89. The highest BCUT2D eigenvalue weighted by Gasteiger charge is 2.14. The number of hydrogen-bond acceptors (Lipinski definition) is 3. The van der Waals surface area contributed by atoms with Crippen molar-refractivity contribution in [3.63, 3.8) is 0 Å². The molecular formula is C14H13NO3. The molecule has 2 N–H and O–H groups in total. The lowest BCUT2D eigenvalue weighted by Crippen LogP contribution is -2.03. The Morgan fingerprint density at radius 1 is 1.33 bits per heavy atom. The number of aryl methyl sites for hydroxylation is 1. The van der Waals surface area contributed by atoms with Crippen LogP contribution in [0.5, 0.6) is 5.75 Å². The molecule has 0 unspecified atom stereocenters. The molecule has 2 rings (SSSR count). The minimum atomic E-state index is -1.25. The SMILES string of the molecule is N#C/C(=C/c1cc(O)c2c(c1)CCCC2)C(=O)O. The number of nitriles is 1. The minimum Gasteiger partial charge on any atom is -0.508 e. The number of aromatic hydroxyl groups is 1. The highest BCUT2D eigenvalue weighted by atomic mass is 16.4. The number of fused-ring (bicyclic) bond motifs is 1. The van der Waals surface area contributed by atoms with Crippen LogP contribution in [-0.4, -0.2) is 16.2 Å². The van der Waals surface area contributed by atoms with Crippen molar-refractivity contribution in [3.8, 4) is 11.8 Å². The minimum absolute atomic E-state index is 0.195. The summed E-state index contributed by atoms with van der Waals surface area (Å²) in [5.41, 5.74) is 2.24. The van der Waals surface area contributed by atoms with Gasteiger partial charge in [0.1, 0.15) is 17.4 Å². The molecule has 4 heteroatoms. The fraction of sp³-hybridized carbons (Fsp3) is 0.286. The maximum absolute atomic E-state index is 10.8. The van der Waals surface area contributed by atoms with Gasteiger partial charge in [0.05, 0.1) is 0 Å². The number of nitrogens with zero attached hydrogens (tertiary/aromatic N) is 1. The van der Waals surface area contributed by atoms with Crippen molar-refractivity contribution in [3.05, 3.63) is 34.4 Å². The van der Waals surface area contributed by atoms with Gasteiger partial charge in [-0.25, -0.2) is 4.79 Å². The Labute approximate surface area is 105 Å². The van der Waals surface area contributed by atoms with Gasteiger partial charge in [-0.1, -0.05) is 6.07 Å². The Hall–Kier alpha value is -2.28. The highest BCUT2D eigenvalue weighted by molar-refractivity contribution is 5.96. The van der Waals surface area contributed by atoms with Gasteiger partial charge in [-0.2, -0.15) is 5.26 Å². The van der Waals surface area contributed by atoms with Gasteiger partial charge in [-0.05, 0) is 54.5 Å². The molecule has 0 heterocycles. The molecule has 0 aromatic heterocycles. The molecule has 18 heavy (non-hydrogen) atoms. The first-order valence-corrected chi connectivity index (χ1v) is 5.81. The van der Waals surface area contributed by atoms with E-state index in [1.807, 2.05) is 6.07 Å². The molecule has 0 fully saturated rings. The van der Waals surface area contributed by atoms with Crippen LogP contribution >= 0.6 is 0 Å². The van der Waals surface area contributed by atoms with Gasteiger partial charge < -0.3 is 10.2 Å². The van der Waals surface area contributed by atoms with E-state index in [4.69, 9.17) is 10.4 Å². The fourth-order valence-electron chi connectivity index (χ4n) is 2.26. The summed E-state index contributed by atoms with van der Waals surface area (Å²) < 4.78 is 0. The van der Waals surface area contributed by atoms with Crippen molar-refractivity contribution in [1.82, 2.24) is 0 Å². The maximum Gasteiger partial charge on any atom is 0.346 e. The van der Waals surface area contributed by atoms with Crippen LogP contribution < -0.4 is 0 Å². The van der Waals surface area contributed by atoms with E-state index < -0.39 is 5.97 Å². The molecule has 0 amide bonds. The van der Waals surface area contributed by atoms with Gasteiger partial charge in [0.25, 0.3) is 0 Å². The second kappa shape index (κ2) is 4.92. The standard InChI is InChI=1S/C14H13NO3/c15-8-11(14(17)18)6-9-5-10-3-1-2-4-12(10)13(16)7-9/h5-7,16H,1-4H2,(H,17,18)/b11-6-. The highest BCUT2D eigenvalue weighted by Crippen LogP contribution is 2.31. The van der Waals surface area contributed by atoms with Gasteiger partial charge in [0.2, 0.25) is 0 Å². The van der Waals surface area contributed by atoms with Crippen molar-refractivity contribution in [2.45, 2.75) is 25.7 Å². The first-order valence-electron chi connectivity index (χ1n) is 5.81. The first kappa shape index (κ1) is 12.2. The molecule has 0 spiro atoms. The van der Waals surface area contributed by atoms with E-state index >= 15 is 0 Å². The number of carbonyl (C=O) groups is 1. The second-order valence-corrected chi connectivity index (χ2v) is 4.36. The zero-order valence-corrected chi connectivity index (χ0v) is 9.81. The van der Waals surface area contributed by atoms with E-state index in [1.165, 1.54) is 12.1 Å². The molecule has 1 aromatic carbocycles. The molecule has 0 saturated heterocycles. The van der Waals surface area contributed by atoms with Crippen molar-refractivity contribution < 1.29 is 15.0 Å². The van der Waals surface area contributed by atoms with Crippen LogP contribution in [0.4, 0.5) is 0 Å². The van der Waals surface area contributed by atoms with Crippen LogP contribution in [0.2, 0.25) is 0 Å². The first-order chi connectivity index (χ1) is 8.61. The third-order valence-corrected chi connectivity index (χ3v) is 3.13. The normalized spacial score (nSPS) is 14.7. The molecule has 1 aliphatic rings. The molecule has 0 radical (unpaired) electrons. The summed E-state index contributed by atoms with van der Waals surface area (Å²) in [6.07, 6.45) is 5.17. The Balaban J connectivity index is 2.45. The monoisotopic (exact) mass is 243 g/mol. The number of carboxylic acids is 1. The van der Waals surface area contributed by atoms with E-state index in [1.54, 1.807) is 6.07 Å². The predicted molar refractivity (Wildman–Crippen MR) is 66.0 cm³/mol. The third-order valence-electron chi connectivity index (χ3n) is 3.13. The zero-order valence-electron chi connectivity index (χ0n) is 9.81. The Kier molecular flexibility index (Phi) is 3.33. The molecule has 0 aliphatic heterocycles. The largest absolute Gasteiger partial charge is 0.508 e. The molecule has 1 aliphatic carbocycles. The average Bonchev–Trinajstić information content (AvgIpc) is 2.35. The number of hydrogen-bond donors (Lipinski definition) is 2. The van der Waals surface area contributed by atoms with Crippen LogP contribution in [0, 0.1) is 11.3 Å². The third kappa shape index (κ3) is 2.35. The number of phenols is 1. The lowest BCUT2D eigenvalue weighted by Gasteiger charge is -2.17. The van der Waals surface area contributed by atoms with Crippen LogP contribution in [0.3, 0.4) is 0 Å². The van der Waals surface area contributed by atoms with Gasteiger partial charge in [-0.3, -0.25) is 0 Å². The molecule has 1 aromatic rings. The van der Waals surface area contributed by atoms with Gasteiger partial charge >= 0.3 is 5.97 Å². The van der Waals surface area contributed by atoms with E-state index in [2.05, 4.69) is 0 Å². The lowest BCUT2D eigenvalue weighted by molar-refractivity contribution is -0.132. The second-order valence-electron chi connectivity index (χ2n) is 4.36. The molecule has 0 saturated carbocycles. The summed E-state index contributed by atoms with van der Waals surface area (Å²) in [5.74, 6) is -1.06. The number of carboxylic acid groups (broad SMARTS) is 1. The van der Waals surface area contributed by atoms with Gasteiger partial charge in [-0.15, -0.1) is 0 Å². The van der Waals surface area contributed by atoms with Crippen LogP contribution in [0.1, 0.15) is 29.5 Å². The van der Waals surface area contributed by atoms with Crippen LogP contribution in [0.15, 0.2) is 17.7 Å². The van der Waals surface area contributed by atoms with E-state index in [9.17, 15) is 9.90 Å². The van der Waals surface area contributed by atoms with Crippen molar-refractivity contribution >= 4 is 12.0 Å². The van der Waals surface area contributed by atoms with Crippen LogP contribution in [-0.2, 0) is 17.6 Å². The Bertz CT molecular complexity index is 567. The number of aliphatic carboxylic acids is 1. The number of benzene rings is 1.